The molecular weight excluding hydrogens is 326 g/mol. The number of carbonyl (C=O) groups is 1. The highest BCUT2D eigenvalue weighted by atomic mass is 79.9. The van der Waals surface area contributed by atoms with Gasteiger partial charge in [0.25, 0.3) is 5.91 Å². The van der Waals surface area contributed by atoms with Crippen molar-refractivity contribution in [1.82, 2.24) is 20.4 Å². The zero-order valence-electron chi connectivity index (χ0n) is 11.1. The largest absolute Gasteiger partial charge is 0.372 e. The number of aryl methyl sites for hydroxylation is 1. The van der Waals surface area contributed by atoms with Gasteiger partial charge in [0.05, 0.1) is 5.56 Å². The quantitative estimate of drug-likeness (QED) is 0.858. The first-order chi connectivity index (χ1) is 9.60. The van der Waals surface area contributed by atoms with Crippen LogP contribution in [-0.4, -0.2) is 34.6 Å². The molecule has 2 rings (SSSR count). The first-order valence-electron chi connectivity index (χ1n) is 6.01. The van der Waals surface area contributed by atoms with E-state index in [2.05, 4.69) is 41.7 Å². The predicted octanol–water partition coefficient (Wildman–Crippen LogP) is 1.55. The molecule has 0 saturated carbocycles. The van der Waals surface area contributed by atoms with E-state index in [1.54, 1.807) is 26.2 Å². The van der Waals surface area contributed by atoms with Crippen LogP contribution >= 0.6 is 15.9 Å². The highest BCUT2D eigenvalue weighted by Crippen LogP contribution is 2.17. The molecule has 0 atom stereocenters. The lowest BCUT2D eigenvalue weighted by Gasteiger charge is -2.08. The molecule has 0 aliphatic carbocycles. The van der Waals surface area contributed by atoms with Crippen molar-refractivity contribution < 1.29 is 9.32 Å². The van der Waals surface area contributed by atoms with Crippen LogP contribution in [-0.2, 0) is 6.42 Å². The molecule has 2 heterocycles. The predicted molar refractivity (Wildman–Crippen MR) is 76.6 cm³/mol. The van der Waals surface area contributed by atoms with Gasteiger partial charge in [0.15, 0.2) is 5.82 Å². The molecule has 20 heavy (non-hydrogen) atoms. The Morgan fingerprint density at radius 1 is 1.50 bits per heavy atom. The molecule has 0 aliphatic rings. The lowest BCUT2D eigenvalue weighted by atomic mass is 10.2. The van der Waals surface area contributed by atoms with Gasteiger partial charge in [-0.2, -0.15) is 4.98 Å². The molecule has 0 aromatic carbocycles. The molecule has 0 aliphatic heterocycles. The van der Waals surface area contributed by atoms with Crippen molar-refractivity contribution in [2.24, 2.45) is 0 Å². The minimum absolute atomic E-state index is 0.209. The summed E-state index contributed by atoms with van der Waals surface area (Å²) in [4.78, 5) is 20.3. The summed E-state index contributed by atoms with van der Waals surface area (Å²) >= 11 is 3.30. The standard InChI is InChI=1S/C12H14BrN5O2/c1-7-17-10(20-18-7)3-4-15-12(19)9-5-8(13)6-16-11(9)14-2/h5-6H,3-4H2,1-2H3,(H,14,16)(H,15,19). The van der Waals surface area contributed by atoms with Crippen LogP contribution in [0.25, 0.3) is 0 Å². The topological polar surface area (TPSA) is 92.9 Å². The summed E-state index contributed by atoms with van der Waals surface area (Å²) in [7, 11) is 1.72. The molecule has 0 spiro atoms. The minimum Gasteiger partial charge on any atom is -0.372 e. The maximum atomic E-state index is 12.1. The lowest BCUT2D eigenvalue weighted by Crippen LogP contribution is -2.26. The zero-order chi connectivity index (χ0) is 14.5. The van der Waals surface area contributed by atoms with E-state index in [1.165, 1.54) is 0 Å². The van der Waals surface area contributed by atoms with Gasteiger partial charge in [0.1, 0.15) is 5.82 Å². The van der Waals surface area contributed by atoms with Gasteiger partial charge >= 0.3 is 0 Å². The second-order valence-corrected chi connectivity index (χ2v) is 4.96. The van der Waals surface area contributed by atoms with Gasteiger partial charge in [-0.05, 0) is 28.9 Å². The highest BCUT2D eigenvalue weighted by molar-refractivity contribution is 9.10. The number of pyridine rings is 1. The number of anilines is 1. The van der Waals surface area contributed by atoms with Crippen LogP contribution < -0.4 is 10.6 Å². The summed E-state index contributed by atoms with van der Waals surface area (Å²) in [5, 5.41) is 9.36. The number of nitrogens with zero attached hydrogens (tertiary/aromatic N) is 3. The van der Waals surface area contributed by atoms with Crippen molar-refractivity contribution in [3.8, 4) is 0 Å². The molecule has 2 N–H and O–H groups in total. The smallest absolute Gasteiger partial charge is 0.255 e. The minimum atomic E-state index is -0.209. The summed E-state index contributed by atoms with van der Waals surface area (Å²) in [5.41, 5.74) is 0.476. The molecule has 0 unspecified atom stereocenters. The van der Waals surface area contributed by atoms with Crippen LogP contribution in [0, 0.1) is 6.92 Å². The molecule has 2 aromatic rings. The maximum Gasteiger partial charge on any atom is 0.255 e. The van der Waals surface area contributed by atoms with Crippen molar-refractivity contribution in [1.29, 1.82) is 0 Å². The molecule has 0 fully saturated rings. The summed E-state index contributed by atoms with van der Waals surface area (Å²) in [6, 6.07) is 1.71. The van der Waals surface area contributed by atoms with E-state index in [1.807, 2.05) is 0 Å². The number of hydrogen-bond acceptors (Lipinski definition) is 6. The van der Waals surface area contributed by atoms with E-state index in [4.69, 9.17) is 4.52 Å². The number of halogens is 1. The third-order valence-electron chi connectivity index (χ3n) is 2.53. The van der Waals surface area contributed by atoms with Gasteiger partial charge in [-0.1, -0.05) is 5.16 Å². The summed E-state index contributed by atoms with van der Waals surface area (Å²) in [6.45, 7) is 2.16. The third kappa shape index (κ3) is 3.53. The molecule has 0 saturated heterocycles. The van der Waals surface area contributed by atoms with Crippen molar-refractivity contribution >= 4 is 27.7 Å². The van der Waals surface area contributed by atoms with Crippen LogP contribution in [0.5, 0.6) is 0 Å². The van der Waals surface area contributed by atoms with Crippen LogP contribution in [0.3, 0.4) is 0 Å². The van der Waals surface area contributed by atoms with E-state index in [9.17, 15) is 4.79 Å². The van der Waals surface area contributed by atoms with Crippen molar-refractivity contribution in [2.45, 2.75) is 13.3 Å². The molecule has 2 aromatic heterocycles. The Bertz CT molecular complexity index is 614. The number of rotatable bonds is 5. The fourth-order valence-corrected chi connectivity index (χ4v) is 1.96. The Labute approximate surface area is 124 Å². The summed E-state index contributed by atoms with van der Waals surface area (Å²) < 4.78 is 5.72. The lowest BCUT2D eigenvalue weighted by molar-refractivity contribution is 0.0954. The highest BCUT2D eigenvalue weighted by Gasteiger charge is 2.12. The normalized spacial score (nSPS) is 10.3. The SMILES string of the molecule is CNc1ncc(Br)cc1C(=O)NCCc1nc(C)no1. The average Bonchev–Trinajstić information content (AvgIpc) is 2.84. The van der Waals surface area contributed by atoms with Gasteiger partial charge in [0, 0.05) is 30.7 Å². The van der Waals surface area contributed by atoms with Crippen molar-refractivity contribution in [2.75, 3.05) is 18.9 Å². The number of amides is 1. The molecule has 7 nitrogen and oxygen atoms in total. The van der Waals surface area contributed by atoms with E-state index in [0.717, 1.165) is 4.47 Å². The number of hydrogen-bond donors (Lipinski definition) is 2. The zero-order valence-corrected chi connectivity index (χ0v) is 12.7. The Morgan fingerprint density at radius 3 is 2.95 bits per heavy atom. The maximum absolute atomic E-state index is 12.1. The first-order valence-corrected chi connectivity index (χ1v) is 6.80. The Morgan fingerprint density at radius 2 is 2.30 bits per heavy atom. The number of aromatic nitrogens is 3. The molecule has 1 amide bonds. The van der Waals surface area contributed by atoms with E-state index in [0.29, 0.717) is 36.1 Å². The molecule has 106 valence electrons. The van der Waals surface area contributed by atoms with E-state index in [-0.39, 0.29) is 5.91 Å². The van der Waals surface area contributed by atoms with Crippen LogP contribution in [0.15, 0.2) is 21.3 Å². The third-order valence-corrected chi connectivity index (χ3v) is 2.96. The summed E-state index contributed by atoms with van der Waals surface area (Å²) in [5.74, 6) is 1.41. The van der Waals surface area contributed by atoms with Crippen molar-refractivity contribution in [3.63, 3.8) is 0 Å². The first kappa shape index (κ1) is 14.4. The molecule has 0 radical (unpaired) electrons. The average molecular weight is 340 g/mol. The van der Waals surface area contributed by atoms with E-state index >= 15 is 0 Å². The van der Waals surface area contributed by atoms with E-state index < -0.39 is 0 Å². The number of carbonyl (C=O) groups excluding carboxylic acids is 1. The number of nitrogens with one attached hydrogen (secondary N) is 2. The fourth-order valence-electron chi connectivity index (χ4n) is 1.63. The van der Waals surface area contributed by atoms with Crippen LogP contribution in [0.4, 0.5) is 5.82 Å². The Kier molecular flexibility index (Phi) is 4.67. The molecule has 0 bridgehead atoms. The van der Waals surface area contributed by atoms with Gasteiger partial charge < -0.3 is 15.2 Å². The second kappa shape index (κ2) is 6.47. The second-order valence-electron chi connectivity index (χ2n) is 4.04. The van der Waals surface area contributed by atoms with Gasteiger partial charge in [0.2, 0.25) is 5.89 Å². The monoisotopic (exact) mass is 339 g/mol. The van der Waals surface area contributed by atoms with Gasteiger partial charge in [-0.3, -0.25) is 4.79 Å². The summed E-state index contributed by atoms with van der Waals surface area (Å²) in [6.07, 6.45) is 2.12. The van der Waals surface area contributed by atoms with Crippen molar-refractivity contribution in [3.05, 3.63) is 34.0 Å². The molecular formula is C12H14BrN5O2. The Hall–Kier alpha value is -1.96. The fraction of sp³-hybridized carbons (Fsp3) is 0.333. The Balaban J connectivity index is 1.96. The van der Waals surface area contributed by atoms with Crippen LogP contribution in [0.1, 0.15) is 22.1 Å². The van der Waals surface area contributed by atoms with Gasteiger partial charge in [-0.25, -0.2) is 4.98 Å². The van der Waals surface area contributed by atoms with Crippen LogP contribution in [0.2, 0.25) is 0 Å². The van der Waals surface area contributed by atoms with Gasteiger partial charge in [-0.15, -0.1) is 0 Å². The molecule has 8 heteroatoms.